The van der Waals surface area contributed by atoms with E-state index in [0.29, 0.717) is 0 Å². The van der Waals surface area contributed by atoms with Gasteiger partial charge in [0.2, 0.25) is 0 Å². The second-order valence-electron chi connectivity index (χ2n) is 3.49. The fraction of sp³-hybridized carbons (Fsp3) is 0.294. The predicted molar refractivity (Wildman–Crippen MR) is 88.7 cm³/mol. The van der Waals surface area contributed by atoms with E-state index in [1.54, 1.807) is 0 Å². The predicted octanol–water partition coefficient (Wildman–Crippen LogP) is 5.21. The molecule has 0 amide bonds. The summed E-state index contributed by atoms with van der Waals surface area (Å²) >= 11 is 0. The Hall–Kier alpha value is -1.13. The average Bonchev–Trinajstić information content (AvgIpc) is 2.45. The monoisotopic (exact) mass is 260 g/mol. The molecule has 0 radical (unpaired) electrons. The Kier molecular flexibility index (Phi) is 9.24. The molecule has 0 fully saturated rings. The normalized spacial score (nSPS) is 8.56. The minimum atomic E-state index is 1.22. The molecule has 0 N–H and O–H groups in total. The zero-order valence-corrected chi connectivity index (χ0v) is 13.4. The first-order valence-corrected chi connectivity index (χ1v) is 7.26. The Balaban J connectivity index is 0.000000659. The van der Waals surface area contributed by atoms with E-state index in [-0.39, 0.29) is 0 Å². The van der Waals surface area contributed by atoms with Crippen molar-refractivity contribution in [2.45, 2.75) is 34.6 Å². The lowest BCUT2D eigenvalue weighted by Crippen LogP contribution is -1.87. The first kappa shape index (κ1) is 16.9. The van der Waals surface area contributed by atoms with Gasteiger partial charge >= 0.3 is 0 Å². The summed E-state index contributed by atoms with van der Waals surface area (Å²) in [6, 6.07) is 17.1. The molecule has 0 saturated heterocycles. The molecule has 1 heteroatoms. The van der Waals surface area contributed by atoms with E-state index in [2.05, 4.69) is 64.7 Å². The second kappa shape index (κ2) is 9.85. The van der Waals surface area contributed by atoms with Crippen LogP contribution in [0.15, 0.2) is 48.5 Å². The number of hydrogen-bond acceptors (Lipinski definition) is 0. The van der Waals surface area contributed by atoms with Gasteiger partial charge in [-0.25, -0.2) is 0 Å². The quantitative estimate of drug-likeness (QED) is 0.617. The smallest absolute Gasteiger partial charge is 0.0184 e. The molecule has 98 valence electrons. The standard InChI is InChI=1S/C13H13P.2C2H6/c1-10-2-4-11(5-3-10)12-6-8-13(14)9-7-12;2*1-2/h2-9H,14H2,1H3;2*1-2H3. The summed E-state index contributed by atoms with van der Waals surface area (Å²) in [4.78, 5) is 0. The summed E-state index contributed by atoms with van der Waals surface area (Å²) in [5, 5.41) is 1.22. The van der Waals surface area contributed by atoms with Crippen molar-refractivity contribution in [1.82, 2.24) is 0 Å². The van der Waals surface area contributed by atoms with Gasteiger partial charge in [0.15, 0.2) is 0 Å². The lowest BCUT2D eigenvalue weighted by Gasteiger charge is -2.02. The van der Waals surface area contributed by atoms with E-state index in [9.17, 15) is 0 Å². The van der Waals surface area contributed by atoms with Gasteiger partial charge in [0.1, 0.15) is 0 Å². The maximum absolute atomic E-state index is 2.70. The molecule has 2 rings (SSSR count). The van der Waals surface area contributed by atoms with Gasteiger partial charge < -0.3 is 0 Å². The minimum Gasteiger partial charge on any atom is -0.106 e. The molecule has 0 spiro atoms. The van der Waals surface area contributed by atoms with Crippen LogP contribution in [0.2, 0.25) is 0 Å². The van der Waals surface area contributed by atoms with Crippen LogP contribution in [-0.4, -0.2) is 0 Å². The van der Waals surface area contributed by atoms with Gasteiger partial charge in [0.05, 0.1) is 0 Å². The van der Waals surface area contributed by atoms with Crippen LogP contribution >= 0.6 is 9.24 Å². The lowest BCUT2D eigenvalue weighted by molar-refractivity contribution is 1.47. The summed E-state index contributed by atoms with van der Waals surface area (Å²) in [7, 11) is 2.70. The maximum Gasteiger partial charge on any atom is -0.0184 e. The molecule has 0 aliphatic heterocycles. The fourth-order valence-electron chi connectivity index (χ4n) is 1.42. The first-order chi connectivity index (χ1) is 8.75. The van der Waals surface area contributed by atoms with Gasteiger partial charge in [-0.15, -0.1) is 9.24 Å². The molecule has 0 bridgehead atoms. The van der Waals surface area contributed by atoms with Crippen molar-refractivity contribution >= 4 is 14.5 Å². The Bertz CT molecular complexity index is 369. The number of hydrogen-bond donors (Lipinski definition) is 0. The maximum atomic E-state index is 2.70. The van der Waals surface area contributed by atoms with Crippen LogP contribution in [0.3, 0.4) is 0 Å². The zero-order valence-electron chi connectivity index (χ0n) is 12.2. The van der Waals surface area contributed by atoms with Crippen molar-refractivity contribution in [2.75, 3.05) is 0 Å². The Morgan fingerprint density at radius 3 is 1.33 bits per heavy atom. The molecular formula is C17H25P. The summed E-state index contributed by atoms with van der Waals surface area (Å²) in [6.45, 7) is 10.1. The summed E-state index contributed by atoms with van der Waals surface area (Å²) in [5.41, 5.74) is 3.85. The molecule has 0 aliphatic carbocycles. The van der Waals surface area contributed by atoms with Crippen molar-refractivity contribution in [3.8, 4) is 11.1 Å². The third-order valence-corrected chi connectivity index (χ3v) is 2.68. The SMILES string of the molecule is CC.CC.Cc1ccc(-c2ccc(P)cc2)cc1. The van der Waals surface area contributed by atoms with Crippen LogP contribution in [0, 0.1) is 6.92 Å². The van der Waals surface area contributed by atoms with Crippen LogP contribution < -0.4 is 5.30 Å². The third kappa shape index (κ3) is 5.47. The molecule has 0 heterocycles. The van der Waals surface area contributed by atoms with Crippen LogP contribution in [0.1, 0.15) is 33.3 Å². The van der Waals surface area contributed by atoms with Crippen LogP contribution in [0.4, 0.5) is 0 Å². The second-order valence-corrected chi connectivity index (χ2v) is 4.15. The van der Waals surface area contributed by atoms with Gasteiger partial charge in [0.25, 0.3) is 0 Å². The van der Waals surface area contributed by atoms with E-state index in [1.807, 2.05) is 27.7 Å². The van der Waals surface area contributed by atoms with Crippen LogP contribution in [0.5, 0.6) is 0 Å². The van der Waals surface area contributed by atoms with E-state index < -0.39 is 0 Å². The van der Waals surface area contributed by atoms with Gasteiger partial charge in [-0.05, 0) is 23.4 Å². The first-order valence-electron chi connectivity index (χ1n) is 6.68. The van der Waals surface area contributed by atoms with Crippen molar-refractivity contribution in [2.24, 2.45) is 0 Å². The molecule has 0 aliphatic rings. The van der Waals surface area contributed by atoms with Crippen LogP contribution in [0.25, 0.3) is 11.1 Å². The van der Waals surface area contributed by atoms with Crippen molar-refractivity contribution in [3.63, 3.8) is 0 Å². The molecule has 1 unspecified atom stereocenters. The highest BCUT2D eigenvalue weighted by atomic mass is 31.0. The molecule has 2 aromatic rings. The molecule has 2 aromatic carbocycles. The van der Waals surface area contributed by atoms with Crippen molar-refractivity contribution in [1.29, 1.82) is 0 Å². The molecule has 1 atom stereocenters. The highest BCUT2D eigenvalue weighted by Gasteiger charge is 1.95. The van der Waals surface area contributed by atoms with Crippen LogP contribution in [-0.2, 0) is 0 Å². The molecular weight excluding hydrogens is 235 g/mol. The number of benzene rings is 2. The van der Waals surface area contributed by atoms with Gasteiger partial charge in [0, 0.05) is 0 Å². The zero-order chi connectivity index (χ0) is 14.0. The van der Waals surface area contributed by atoms with E-state index in [1.165, 1.54) is 22.0 Å². The Morgan fingerprint density at radius 1 is 0.611 bits per heavy atom. The lowest BCUT2D eigenvalue weighted by atomic mass is 10.0. The van der Waals surface area contributed by atoms with E-state index in [0.717, 1.165) is 0 Å². The van der Waals surface area contributed by atoms with Crippen molar-refractivity contribution < 1.29 is 0 Å². The number of rotatable bonds is 1. The van der Waals surface area contributed by atoms with E-state index >= 15 is 0 Å². The topological polar surface area (TPSA) is 0 Å². The summed E-state index contributed by atoms with van der Waals surface area (Å²) in [5.74, 6) is 0. The fourth-order valence-corrected chi connectivity index (χ4v) is 1.61. The van der Waals surface area contributed by atoms with Crippen molar-refractivity contribution in [3.05, 3.63) is 54.1 Å². The van der Waals surface area contributed by atoms with E-state index in [4.69, 9.17) is 0 Å². The number of aryl methyl sites for hydroxylation is 1. The highest BCUT2D eigenvalue weighted by molar-refractivity contribution is 7.27. The van der Waals surface area contributed by atoms with Gasteiger partial charge in [-0.3, -0.25) is 0 Å². The Morgan fingerprint density at radius 2 is 0.944 bits per heavy atom. The average molecular weight is 260 g/mol. The van der Waals surface area contributed by atoms with Gasteiger partial charge in [-0.2, -0.15) is 0 Å². The third-order valence-electron chi connectivity index (χ3n) is 2.30. The Labute approximate surface area is 115 Å². The van der Waals surface area contributed by atoms with Gasteiger partial charge in [-0.1, -0.05) is 81.8 Å². The largest absolute Gasteiger partial charge is 0.106 e. The molecule has 0 nitrogen and oxygen atoms in total. The highest BCUT2D eigenvalue weighted by Crippen LogP contribution is 2.18. The molecule has 18 heavy (non-hydrogen) atoms. The minimum absolute atomic E-state index is 1.22. The summed E-state index contributed by atoms with van der Waals surface area (Å²) in [6.07, 6.45) is 0. The molecule has 0 saturated carbocycles. The summed E-state index contributed by atoms with van der Waals surface area (Å²) < 4.78 is 0. The molecule has 0 aromatic heterocycles.